The van der Waals surface area contributed by atoms with Crippen molar-refractivity contribution in [2.45, 2.75) is 19.4 Å². The van der Waals surface area contributed by atoms with Gasteiger partial charge in [0.25, 0.3) is 5.91 Å². The fourth-order valence-corrected chi connectivity index (χ4v) is 2.63. The van der Waals surface area contributed by atoms with Crippen molar-refractivity contribution >= 4 is 23.1 Å². The number of carbonyl (C=O) groups excluding carboxylic acids is 1. The molecule has 2 aliphatic rings. The van der Waals surface area contributed by atoms with Crippen LogP contribution in [0.2, 0.25) is 0 Å². The molecule has 0 atom stereocenters. The molecule has 1 amide bonds. The van der Waals surface area contributed by atoms with Crippen molar-refractivity contribution in [2.75, 3.05) is 19.9 Å². The number of rotatable bonds is 2. The number of nitrogens with one attached hydrogen (secondary N) is 1. The lowest BCUT2D eigenvalue weighted by molar-refractivity contribution is -0.115. The zero-order valence-electron chi connectivity index (χ0n) is 11.1. The molecule has 1 N–H and O–H groups in total. The van der Waals surface area contributed by atoms with Crippen LogP contribution in [-0.2, 0) is 11.3 Å². The average molecular weight is 292 g/mol. The van der Waals surface area contributed by atoms with Crippen LogP contribution in [0.3, 0.4) is 0 Å². The van der Waals surface area contributed by atoms with Gasteiger partial charge in [0.1, 0.15) is 0 Å². The van der Waals surface area contributed by atoms with E-state index >= 15 is 0 Å². The van der Waals surface area contributed by atoms with E-state index in [1.54, 1.807) is 0 Å². The summed E-state index contributed by atoms with van der Waals surface area (Å²) in [5.74, 6) is 1.28. The molecule has 0 saturated carbocycles. The van der Waals surface area contributed by atoms with Gasteiger partial charge in [-0.25, -0.2) is 0 Å². The number of hydrogen-bond acceptors (Lipinski definition) is 4. The molecular formula is C14H16N2O3S. The molecule has 0 spiro atoms. The summed E-state index contributed by atoms with van der Waals surface area (Å²) in [5.41, 5.74) is 0.965. The van der Waals surface area contributed by atoms with E-state index in [1.165, 1.54) is 0 Å². The molecule has 0 aliphatic carbocycles. The van der Waals surface area contributed by atoms with Crippen LogP contribution in [0.25, 0.3) is 0 Å². The molecule has 2 heterocycles. The Labute approximate surface area is 122 Å². The van der Waals surface area contributed by atoms with Gasteiger partial charge < -0.3 is 19.7 Å². The van der Waals surface area contributed by atoms with Gasteiger partial charge in [-0.2, -0.15) is 0 Å². The van der Waals surface area contributed by atoms with E-state index in [9.17, 15) is 4.79 Å². The van der Waals surface area contributed by atoms with Crippen LogP contribution < -0.4 is 14.8 Å². The maximum absolute atomic E-state index is 12.0. The molecule has 3 rings (SSSR count). The van der Waals surface area contributed by atoms with Crippen molar-refractivity contribution in [1.29, 1.82) is 0 Å². The lowest BCUT2D eigenvalue weighted by atomic mass is 10.2. The number of benzene rings is 1. The molecule has 0 radical (unpaired) electrons. The fraction of sp³-hybridized carbons (Fsp3) is 0.429. The minimum Gasteiger partial charge on any atom is -0.454 e. The molecule has 5 nitrogen and oxygen atoms in total. The minimum absolute atomic E-state index is 0.181. The Morgan fingerprint density at radius 1 is 1.25 bits per heavy atom. The van der Waals surface area contributed by atoms with E-state index in [2.05, 4.69) is 5.32 Å². The summed E-state index contributed by atoms with van der Waals surface area (Å²) in [6.45, 7) is 2.46. The van der Waals surface area contributed by atoms with Gasteiger partial charge in [-0.15, -0.1) is 0 Å². The molecule has 1 aromatic carbocycles. The number of likely N-dealkylation sites (tertiary alicyclic amines) is 1. The highest BCUT2D eigenvalue weighted by atomic mass is 32.1. The summed E-state index contributed by atoms with van der Waals surface area (Å²) >= 11 is 5.20. The smallest absolute Gasteiger partial charge is 0.279 e. The van der Waals surface area contributed by atoms with Gasteiger partial charge >= 0.3 is 0 Å². The number of fused-ring (bicyclic) bond motifs is 1. The summed E-state index contributed by atoms with van der Waals surface area (Å²) in [7, 11) is 0. The first kappa shape index (κ1) is 13.2. The number of ether oxygens (including phenoxy) is 2. The normalized spacial score (nSPS) is 16.3. The third-order valence-corrected chi connectivity index (χ3v) is 3.92. The topological polar surface area (TPSA) is 50.8 Å². The summed E-state index contributed by atoms with van der Waals surface area (Å²) < 4.78 is 10.6. The highest BCUT2D eigenvalue weighted by molar-refractivity contribution is 7.82. The van der Waals surface area contributed by atoms with Crippen molar-refractivity contribution in [3.05, 3.63) is 23.8 Å². The molecule has 0 unspecified atom stereocenters. The van der Waals surface area contributed by atoms with Gasteiger partial charge in [0.2, 0.25) is 6.79 Å². The second kappa shape index (κ2) is 5.66. The third-order valence-electron chi connectivity index (χ3n) is 3.48. The van der Waals surface area contributed by atoms with Crippen LogP contribution in [0.1, 0.15) is 18.4 Å². The number of carbonyl (C=O) groups is 1. The minimum atomic E-state index is -0.181. The van der Waals surface area contributed by atoms with Gasteiger partial charge in [0, 0.05) is 19.6 Å². The highest BCUT2D eigenvalue weighted by Crippen LogP contribution is 2.32. The van der Waals surface area contributed by atoms with E-state index < -0.39 is 0 Å². The van der Waals surface area contributed by atoms with Gasteiger partial charge in [-0.1, -0.05) is 18.3 Å². The summed E-state index contributed by atoms with van der Waals surface area (Å²) in [6, 6.07) is 5.64. The van der Waals surface area contributed by atoms with E-state index in [1.807, 2.05) is 23.1 Å². The summed E-state index contributed by atoms with van der Waals surface area (Å²) in [6.07, 6.45) is 2.21. The maximum Gasteiger partial charge on any atom is 0.279 e. The number of amides is 1. The largest absolute Gasteiger partial charge is 0.454 e. The third kappa shape index (κ3) is 2.70. The molecule has 1 fully saturated rings. The molecule has 1 saturated heterocycles. The van der Waals surface area contributed by atoms with E-state index in [0.717, 1.165) is 43.0 Å². The van der Waals surface area contributed by atoms with Gasteiger partial charge in [-0.05, 0) is 30.5 Å². The van der Waals surface area contributed by atoms with Gasteiger partial charge in [0.05, 0.1) is 0 Å². The predicted molar refractivity (Wildman–Crippen MR) is 77.8 cm³/mol. The first-order valence-corrected chi connectivity index (χ1v) is 7.10. The quantitative estimate of drug-likeness (QED) is 0.836. The zero-order valence-corrected chi connectivity index (χ0v) is 11.9. The fourth-order valence-electron chi connectivity index (χ4n) is 2.37. The van der Waals surface area contributed by atoms with Crippen molar-refractivity contribution < 1.29 is 14.3 Å². The van der Waals surface area contributed by atoms with E-state index in [-0.39, 0.29) is 12.7 Å². The monoisotopic (exact) mass is 292 g/mol. The molecule has 6 heteroatoms. The second-order valence-electron chi connectivity index (χ2n) is 4.87. The Balaban J connectivity index is 1.56. The number of hydrogen-bond donors (Lipinski definition) is 1. The first-order valence-electron chi connectivity index (χ1n) is 6.70. The van der Waals surface area contributed by atoms with E-state index in [4.69, 9.17) is 21.7 Å². The van der Waals surface area contributed by atoms with Gasteiger partial charge in [0.15, 0.2) is 16.5 Å². The van der Waals surface area contributed by atoms with Crippen LogP contribution in [0, 0.1) is 0 Å². The Hall–Kier alpha value is -1.82. The van der Waals surface area contributed by atoms with Crippen LogP contribution in [0.15, 0.2) is 18.2 Å². The molecule has 0 aromatic heterocycles. The molecule has 20 heavy (non-hydrogen) atoms. The van der Waals surface area contributed by atoms with Crippen molar-refractivity contribution in [3.8, 4) is 11.5 Å². The average Bonchev–Trinajstić information content (AvgIpc) is 3.13. The Morgan fingerprint density at radius 3 is 2.80 bits per heavy atom. The summed E-state index contributed by atoms with van der Waals surface area (Å²) in [5, 5.41) is 2.85. The molecular weight excluding hydrogens is 276 g/mol. The van der Waals surface area contributed by atoms with Crippen LogP contribution in [0.5, 0.6) is 11.5 Å². The van der Waals surface area contributed by atoms with Crippen LogP contribution >= 0.6 is 12.2 Å². The van der Waals surface area contributed by atoms with Crippen molar-refractivity contribution in [2.24, 2.45) is 0 Å². The molecule has 2 aliphatic heterocycles. The van der Waals surface area contributed by atoms with Crippen LogP contribution in [-0.4, -0.2) is 35.7 Å². The maximum atomic E-state index is 12.0. The molecule has 0 bridgehead atoms. The predicted octanol–water partition coefficient (Wildman–Crippen LogP) is 1.45. The Bertz CT molecular complexity index is 541. The van der Waals surface area contributed by atoms with Crippen molar-refractivity contribution in [3.63, 3.8) is 0 Å². The molecule has 106 valence electrons. The number of thiocarbonyl (C=S) groups is 1. The zero-order chi connectivity index (χ0) is 13.9. The molecule has 1 aromatic rings. The highest BCUT2D eigenvalue weighted by Gasteiger charge is 2.20. The lowest BCUT2D eigenvalue weighted by Gasteiger charge is -2.17. The van der Waals surface area contributed by atoms with E-state index in [0.29, 0.717) is 11.5 Å². The van der Waals surface area contributed by atoms with Crippen LogP contribution in [0.4, 0.5) is 0 Å². The first-order chi connectivity index (χ1) is 9.74. The lowest BCUT2D eigenvalue weighted by Crippen LogP contribution is -2.40. The Morgan fingerprint density at radius 2 is 2.00 bits per heavy atom. The Kier molecular flexibility index (Phi) is 3.73. The SMILES string of the molecule is O=C(NCc1ccc2c(c1)OCO2)C(=S)N1CCCC1. The van der Waals surface area contributed by atoms with Gasteiger partial charge in [-0.3, -0.25) is 4.79 Å². The standard InChI is InChI=1S/C14H16N2O3S/c17-13(14(20)16-5-1-2-6-16)15-8-10-3-4-11-12(7-10)19-9-18-11/h3-4,7H,1-2,5-6,8-9H2,(H,15,17). The second-order valence-corrected chi connectivity index (χ2v) is 5.26. The number of nitrogens with zero attached hydrogens (tertiary/aromatic N) is 1. The summed E-state index contributed by atoms with van der Waals surface area (Å²) in [4.78, 5) is 14.3. The van der Waals surface area contributed by atoms with Crippen molar-refractivity contribution in [1.82, 2.24) is 10.2 Å².